The topological polar surface area (TPSA) is 32.3 Å². The first-order valence-electron chi connectivity index (χ1n) is 5.84. The fraction of sp³-hybridized carbons (Fsp3) is 0.462. The van der Waals surface area contributed by atoms with E-state index < -0.39 is 0 Å². The molecule has 1 fully saturated rings. The lowest BCUT2D eigenvalue weighted by atomic mass is 10.1. The quantitative estimate of drug-likeness (QED) is 0.866. The fourth-order valence-corrected chi connectivity index (χ4v) is 2.48. The summed E-state index contributed by atoms with van der Waals surface area (Å²) in [5.41, 5.74) is 0.972. The predicted molar refractivity (Wildman–Crippen MR) is 79.9 cm³/mol. The van der Waals surface area contributed by atoms with Gasteiger partial charge in [-0.15, -0.1) is 24.2 Å². The smallest absolute Gasteiger partial charge is 0.231 e. The molecule has 5 heteroatoms. The van der Waals surface area contributed by atoms with Crippen LogP contribution < -0.4 is 10.2 Å². The Hall–Kier alpha value is -0.710. The summed E-state index contributed by atoms with van der Waals surface area (Å²) in [5.74, 6) is 0.354. The molecule has 1 unspecified atom stereocenters. The van der Waals surface area contributed by atoms with E-state index in [0.29, 0.717) is 0 Å². The number of rotatable bonds is 3. The second kappa shape index (κ2) is 7.02. The summed E-state index contributed by atoms with van der Waals surface area (Å²) in [7, 11) is 1.86. The highest BCUT2D eigenvalue weighted by Crippen LogP contribution is 2.22. The van der Waals surface area contributed by atoms with Crippen molar-refractivity contribution < 1.29 is 4.79 Å². The molecule has 1 N–H and O–H groups in total. The number of halogens is 1. The molecule has 1 aromatic rings. The Labute approximate surface area is 119 Å². The first-order chi connectivity index (χ1) is 8.22. The monoisotopic (exact) mass is 286 g/mol. The van der Waals surface area contributed by atoms with Gasteiger partial charge in [-0.1, -0.05) is 0 Å². The number of hydrogen-bond acceptors (Lipinski definition) is 3. The molecule has 0 spiro atoms. The van der Waals surface area contributed by atoms with Crippen molar-refractivity contribution in [2.45, 2.75) is 11.3 Å². The first kappa shape index (κ1) is 15.3. The molecule has 0 aromatic heterocycles. The van der Waals surface area contributed by atoms with Gasteiger partial charge in [-0.05, 0) is 43.5 Å². The second-order valence-corrected chi connectivity index (χ2v) is 5.16. The molecule has 1 amide bonds. The van der Waals surface area contributed by atoms with Crippen molar-refractivity contribution in [2.24, 2.45) is 5.92 Å². The van der Waals surface area contributed by atoms with Crippen LogP contribution in [0.3, 0.4) is 0 Å². The van der Waals surface area contributed by atoms with Gasteiger partial charge >= 0.3 is 0 Å². The zero-order chi connectivity index (χ0) is 12.3. The number of benzene rings is 1. The van der Waals surface area contributed by atoms with E-state index in [9.17, 15) is 4.79 Å². The Kier molecular flexibility index (Phi) is 5.99. The minimum atomic E-state index is 0. The van der Waals surface area contributed by atoms with Crippen LogP contribution in [0.25, 0.3) is 0 Å². The Morgan fingerprint density at radius 3 is 2.56 bits per heavy atom. The van der Waals surface area contributed by atoms with Crippen LogP contribution in [0.15, 0.2) is 29.2 Å². The van der Waals surface area contributed by atoms with Crippen LogP contribution in [-0.4, -0.2) is 32.3 Å². The van der Waals surface area contributed by atoms with E-state index >= 15 is 0 Å². The van der Waals surface area contributed by atoms with E-state index in [0.717, 1.165) is 25.2 Å². The Balaban J connectivity index is 0.00000162. The molecule has 18 heavy (non-hydrogen) atoms. The fourth-order valence-electron chi connectivity index (χ4n) is 2.07. The highest BCUT2D eigenvalue weighted by atomic mass is 35.5. The third kappa shape index (κ3) is 3.40. The van der Waals surface area contributed by atoms with Crippen molar-refractivity contribution in [3.8, 4) is 0 Å². The van der Waals surface area contributed by atoms with Crippen LogP contribution >= 0.6 is 24.2 Å². The number of nitrogens with one attached hydrogen (secondary N) is 1. The van der Waals surface area contributed by atoms with E-state index in [2.05, 4.69) is 17.4 Å². The van der Waals surface area contributed by atoms with E-state index in [1.165, 1.54) is 4.90 Å². The summed E-state index contributed by atoms with van der Waals surface area (Å²) >= 11 is 1.71. The third-order valence-corrected chi connectivity index (χ3v) is 3.94. The van der Waals surface area contributed by atoms with Gasteiger partial charge in [-0.3, -0.25) is 4.79 Å². The zero-order valence-electron chi connectivity index (χ0n) is 10.7. The Bertz CT molecular complexity index is 390. The summed E-state index contributed by atoms with van der Waals surface area (Å²) in [6.45, 7) is 1.77. The average molecular weight is 287 g/mol. The molecular weight excluding hydrogens is 268 g/mol. The van der Waals surface area contributed by atoms with Crippen LogP contribution in [-0.2, 0) is 4.79 Å². The van der Waals surface area contributed by atoms with Crippen LogP contribution in [0, 0.1) is 5.92 Å². The molecule has 0 aliphatic carbocycles. The third-order valence-electron chi connectivity index (χ3n) is 3.20. The molecule has 100 valence electrons. The number of amides is 1. The van der Waals surface area contributed by atoms with Crippen molar-refractivity contribution in [3.05, 3.63) is 24.3 Å². The highest BCUT2D eigenvalue weighted by Gasteiger charge is 2.25. The minimum Gasteiger partial charge on any atom is -0.316 e. The summed E-state index contributed by atoms with van der Waals surface area (Å²) in [6.07, 6.45) is 3.00. The van der Waals surface area contributed by atoms with Gasteiger partial charge in [-0.2, -0.15) is 0 Å². The molecule has 2 rings (SSSR count). The number of anilines is 1. The molecule has 1 aromatic carbocycles. The number of nitrogens with zero attached hydrogens (tertiary/aromatic N) is 1. The van der Waals surface area contributed by atoms with E-state index in [4.69, 9.17) is 0 Å². The van der Waals surface area contributed by atoms with E-state index in [1.54, 1.807) is 16.7 Å². The van der Waals surface area contributed by atoms with Gasteiger partial charge in [0.25, 0.3) is 0 Å². The standard InChI is InChI=1S/C13H18N2OS.ClH/c1-15(13(16)10-7-8-14-9-10)11-3-5-12(17-2)6-4-11;/h3-6,10,14H,7-9H2,1-2H3;1H. The maximum Gasteiger partial charge on any atom is 0.231 e. The van der Waals surface area contributed by atoms with E-state index in [1.807, 2.05) is 25.4 Å². The molecule has 3 nitrogen and oxygen atoms in total. The molecular formula is C13H19ClN2OS. The summed E-state index contributed by atoms with van der Waals surface area (Å²) in [6, 6.07) is 8.12. The zero-order valence-corrected chi connectivity index (χ0v) is 12.3. The lowest BCUT2D eigenvalue weighted by Crippen LogP contribution is -2.33. The van der Waals surface area contributed by atoms with Gasteiger partial charge in [-0.25, -0.2) is 0 Å². The Morgan fingerprint density at radius 2 is 2.06 bits per heavy atom. The van der Waals surface area contributed by atoms with Crippen molar-refractivity contribution >= 4 is 35.8 Å². The minimum absolute atomic E-state index is 0. The summed E-state index contributed by atoms with van der Waals surface area (Å²) < 4.78 is 0. The maximum atomic E-state index is 12.2. The van der Waals surface area contributed by atoms with Crippen molar-refractivity contribution in [2.75, 3.05) is 31.3 Å². The molecule has 0 bridgehead atoms. The van der Waals surface area contributed by atoms with Crippen molar-refractivity contribution in [1.29, 1.82) is 0 Å². The number of thioether (sulfide) groups is 1. The van der Waals surface area contributed by atoms with Crippen LogP contribution in [0.5, 0.6) is 0 Å². The van der Waals surface area contributed by atoms with Crippen molar-refractivity contribution in [3.63, 3.8) is 0 Å². The molecule has 1 aliphatic rings. The van der Waals surface area contributed by atoms with Gasteiger partial charge in [0.1, 0.15) is 0 Å². The number of hydrogen-bond donors (Lipinski definition) is 1. The summed E-state index contributed by atoms with van der Waals surface area (Å²) in [4.78, 5) is 15.2. The molecule has 1 atom stereocenters. The Morgan fingerprint density at radius 1 is 1.39 bits per heavy atom. The van der Waals surface area contributed by atoms with Gasteiger partial charge < -0.3 is 10.2 Å². The molecule has 0 saturated carbocycles. The van der Waals surface area contributed by atoms with Crippen LogP contribution in [0.1, 0.15) is 6.42 Å². The molecule has 1 heterocycles. The lowest BCUT2D eigenvalue weighted by molar-refractivity contribution is -0.121. The van der Waals surface area contributed by atoms with Crippen LogP contribution in [0.4, 0.5) is 5.69 Å². The number of carbonyl (C=O) groups excluding carboxylic acids is 1. The van der Waals surface area contributed by atoms with Gasteiger partial charge in [0.2, 0.25) is 5.91 Å². The largest absolute Gasteiger partial charge is 0.316 e. The van der Waals surface area contributed by atoms with Crippen LogP contribution in [0.2, 0.25) is 0 Å². The second-order valence-electron chi connectivity index (χ2n) is 4.29. The maximum absolute atomic E-state index is 12.2. The summed E-state index contributed by atoms with van der Waals surface area (Å²) in [5, 5.41) is 3.23. The molecule has 0 radical (unpaired) electrons. The highest BCUT2D eigenvalue weighted by molar-refractivity contribution is 7.98. The lowest BCUT2D eigenvalue weighted by Gasteiger charge is -2.20. The normalized spacial score (nSPS) is 18.2. The van der Waals surface area contributed by atoms with Gasteiger partial charge in [0.05, 0.1) is 5.92 Å². The number of carbonyl (C=O) groups is 1. The van der Waals surface area contributed by atoms with Gasteiger partial charge in [0, 0.05) is 24.2 Å². The van der Waals surface area contributed by atoms with Gasteiger partial charge in [0.15, 0.2) is 0 Å². The van der Waals surface area contributed by atoms with E-state index in [-0.39, 0.29) is 24.2 Å². The molecule has 1 aliphatic heterocycles. The average Bonchev–Trinajstić information content (AvgIpc) is 2.91. The predicted octanol–water partition coefficient (Wildman–Crippen LogP) is 2.40. The van der Waals surface area contributed by atoms with Crippen molar-refractivity contribution in [1.82, 2.24) is 5.32 Å². The first-order valence-corrected chi connectivity index (χ1v) is 7.07. The SMILES string of the molecule is CSc1ccc(N(C)C(=O)C2CCNC2)cc1.Cl. The molecule has 1 saturated heterocycles.